The first-order chi connectivity index (χ1) is 14.8. The van der Waals surface area contributed by atoms with Crippen molar-refractivity contribution >= 4 is 40.4 Å². The number of carbonyl (C=O) groups excluding carboxylic acids is 2. The Morgan fingerprint density at radius 3 is 2.16 bits per heavy atom. The molecule has 31 heavy (non-hydrogen) atoms. The summed E-state index contributed by atoms with van der Waals surface area (Å²) < 4.78 is 13.5. The van der Waals surface area contributed by atoms with Gasteiger partial charge in [0.25, 0.3) is 11.8 Å². The second-order valence-electron chi connectivity index (χ2n) is 7.59. The Morgan fingerprint density at radius 1 is 0.871 bits per heavy atom. The van der Waals surface area contributed by atoms with Crippen LogP contribution in [0.15, 0.2) is 66.4 Å². The molecular formula is C25H20ClFN2O2. The van der Waals surface area contributed by atoms with Crippen molar-refractivity contribution in [2.45, 2.75) is 20.8 Å². The van der Waals surface area contributed by atoms with Gasteiger partial charge in [-0.15, -0.1) is 0 Å². The molecule has 1 heterocycles. The average Bonchev–Trinajstić information content (AvgIpc) is 2.95. The van der Waals surface area contributed by atoms with Gasteiger partial charge < -0.3 is 5.32 Å². The van der Waals surface area contributed by atoms with Crippen LogP contribution in [-0.4, -0.2) is 11.8 Å². The Labute approximate surface area is 185 Å². The minimum atomic E-state index is -0.478. The van der Waals surface area contributed by atoms with E-state index in [-0.39, 0.29) is 11.3 Å². The van der Waals surface area contributed by atoms with Gasteiger partial charge in [-0.1, -0.05) is 35.9 Å². The van der Waals surface area contributed by atoms with E-state index in [1.807, 2.05) is 26.8 Å². The number of hydrogen-bond donors (Lipinski definition) is 1. The highest BCUT2D eigenvalue weighted by atomic mass is 35.5. The van der Waals surface area contributed by atoms with Crippen molar-refractivity contribution in [1.29, 1.82) is 0 Å². The van der Waals surface area contributed by atoms with Crippen LogP contribution in [0.1, 0.15) is 22.3 Å². The lowest BCUT2D eigenvalue weighted by Crippen LogP contribution is -2.32. The molecule has 6 heteroatoms. The molecule has 0 bridgehead atoms. The van der Waals surface area contributed by atoms with Gasteiger partial charge in [0.15, 0.2) is 0 Å². The molecule has 2 amide bonds. The Hall–Kier alpha value is -3.44. The molecule has 3 aromatic carbocycles. The molecule has 0 aromatic heterocycles. The lowest BCUT2D eigenvalue weighted by Gasteiger charge is -2.17. The first-order valence-electron chi connectivity index (χ1n) is 9.75. The third-order valence-corrected chi connectivity index (χ3v) is 5.62. The Balaban J connectivity index is 1.86. The van der Waals surface area contributed by atoms with E-state index in [9.17, 15) is 14.0 Å². The molecule has 0 fully saturated rings. The summed E-state index contributed by atoms with van der Waals surface area (Å²) in [6.45, 7) is 5.64. The number of imide groups is 1. The predicted octanol–water partition coefficient (Wildman–Crippen LogP) is 5.80. The average molecular weight is 435 g/mol. The van der Waals surface area contributed by atoms with Gasteiger partial charge in [0.2, 0.25) is 0 Å². The van der Waals surface area contributed by atoms with Gasteiger partial charge in [0, 0.05) is 10.7 Å². The Bertz CT molecular complexity index is 1230. The number of nitrogens with zero attached hydrogens (tertiary/aromatic N) is 1. The monoisotopic (exact) mass is 434 g/mol. The molecule has 3 aromatic rings. The second-order valence-corrected chi connectivity index (χ2v) is 7.99. The normalized spacial score (nSPS) is 13.9. The summed E-state index contributed by atoms with van der Waals surface area (Å²) in [4.78, 5) is 28.1. The highest BCUT2D eigenvalue weighted by Gasteiger charge is 2.40. The van der Waals surface area contributed by atoms with Gasteiger partial charge in [0.05, 0.1) is 11.3 Å². The molecule has 0 aliphatic carbocycles. The van der Waals surface area contributed by atoms with Crippen molar-refractivity contribution in [3.05, 3.63) is 99.5 Å². The quantitative estimate of drug-likeness (QED) is 0.528. The van der Waals surface area contributed by atoms with Crippen LogP contribution in [0.3, 0.4) is 0 Å². The molecule has 0 unspecified atom stereocenters. The topological polar surface area (TPSA) is 49.4 Å². The lowest BCUT2D eigenvalue weighted by molar-refractivity contribution is -0.120. The van der Waals surface area contributed by atoms with E-state index < -0.39 is 17.6 Å². The summed E-state index contributed by atoms with van der Waals surface area (Å²) in [5.74, 6) is -1.37. The Kier molecular flexibility index (Phi) is 5.38. The number of rotatable bonds is 4. The molecule has 1 aliphatic rings. The third kappa shape index (κ3) is 3.84. The molecule has 1 aliphatic heterocycles. The van der Waals surface area contributed by atoms with Gasteiger partial charge in [-0.25, -0.2) is 9.29 Å². The first-order valence-corrected chi connectivity index (χ1v) is 10.1. The first kappa shape index (κ1) is 20.8. The summed E-state index contributed by atoms with van der Waals surface area (Å²) in [6.07, 6.45) is 0. The molecule has 0 saturated carbocycles. The molecule has 0 radical (unpaired) electrons. The molecule has 1 N–H and O–H groups in total. The van der Waals surface area contributed by atoms with Crippen molar-refractivity contribution in [3.8, 4) is 0 Å². The minimum Gasteiger partial charge on any atom is -0.350 e. The minimum absolute atomic E-state index is 0.126. The summed E-state index contributed by atoms with van der Waals surface area (Å²) in [7, 11) is 0. The highest BCUT2D eigenvalue weighted by Crippen LogP contribution is 2.35. The maximum atomic E-state index is 13.5. The van der Waals surface area contributed by atoms with E-state index in [2.05, 4.69) is 5.32 Å². The summed E-state index contributed by atoms with van der Waals surface area (Å²) in [5, 5.41) is 3.65. The smallest absolute Gasteiger partial charge is 0.282 e. The van der Waals surface area contributed by atoms with Crippen LogP contribution in [-0.2, 0) is 9.59 Å². The summed E-state index contributed by atoms with van der Waals surface area (Å²) >= 11 is 6.23. The number of anilines is 2. The van der Waals surface area contributed by atoms with E-state index in [0.717, 1.165) is 21.6 Å². The lowest BCUT2D eigenvalue weighted by atomic mass is 10.0. The van der Waals surface area contributed by atoms with Gasteiger partial charge in [-0.2, -0.15) is 0 Å². The standard InChI is InChI=1S/C25H20ClFN2O2/c1-14-11-15(2)13-19(12-14)29-24(30)22(17-7-9-18(27)10-8-17)23(25(29)31)28-21-6-4-5-20(26)16(21)3/h4-13,28H,1-3H3. The van der Waals surface area contributed by atoms with Crippen molar-refractivity contribution < 1.29 is 14.0 Å². The maximum absolute atomic E-state index is 13.5. The predicted molar refractivity (Wildman–Crippen MR) is 122 cm³/mol. The van der Waals surface area contributed by atoms with Crippen molar-refractivity contribution in [2.24, 2.45) is 0 Å². The summed E-state index contributed by atoms with van der Waals surface area (Å²) in [6, 6.07) is 16.4. The molecule has 0 spiro atoms. The fourth-order valence-electron chi connectivity index (χ4n) is 3.72. The molecule has 156 valence electrons. The van der Waals surface area contributed by atoms with Crippen LogP contribution >= 0.6 is 11.6 Å². The number of benzene rings is 3. The molecule has 0 saturated heterocycles. The number of aryl methyl sites for hydroxylation is 2. The van der Waals surface area contributed by atoms with Crippen LogP contribution in [0, 0.1) is 26.6 Å². The van der Waals surface area contributed by atoms with Gasteiger partial charge >= 0.3 is 0 Å². The fourth-order valence-corrected chi connectivity index (χ4v) is 3.90. The maximum Gasteiger partial charge on any atom is 0.282 e. The van der Waals surface area contributed by atoms with Crippen LogP contribution in [0.4, 0.5) is 15.8 Å². The van der Waals surface area contributed by atoms with Crippen molar-refractivity contribution in [3.63, 3.8) is 0 Å². The van der Waals surface area contributed by atoms with Crippen LogP contribution in [0.5, 0.6) is 0 Å². The van der Waals surface area contributed by atoms with E-state index in [1.165, 1.54) is 24.3 Å². The zero-order chi connectivity index (χ0) is 22.3. The number of carbonyl (C=O) groups is 2. The fraction of sp³-hybridized carbons (Fsp3) is 0.120. The molecule has 4 nitrogen and oxygen atoms in total. The van der Waals surface area contributed by atoms with E-state index in [4.69, 9.17) is 11.6 Å². The van der Waals surface area contributed by atoms with Gasteiger partial charge in [-0.05, 0) is 79.4 Å². The molecular weight excluding hydrogens is 415 g/mol. The number of nitrogens with one attached hydrogen (secondary N) is 1. The number of halogens is 2. The van der Waals surface area contributed by atoms with Crippen LogP contribution in [0.2, 0.25) is 5.02 Å². The van der Waals surface area contributed by atoms with Crippen LogP contribution < -0.4 is 10.2 Å². The SMILES string of the molecule is Cc1cc(C)cc(N2C(=O)C(Nc3cccc(Cl)c3C)=C(c3ccc(F)cc3)C2=O)c1. The zero-order valence-corrected chi connectivity index (χ0v) is 18.0. The zero-order valence-electron chi connectivity index (χ0n) is 17.3. The van der Waals surface area contributed by atoms with Crippen molar-refractivity contribution in [2.75, 3.05) is 10.2 Å². The third-order valence-electron chi connectivity index (χ3n) is 5.21. The number of amides is 2. The van der Waals surface area contributed by atoms with E-state index in [1.54, 1.807) is 30.3 Å². The van der Waals surface area contributed by atoms with E-state index in [0.29, 0.717) is 22.0 Å². The summed E-state index contributed by atoms with van der Waals surface area (Å²) in [5.41, 5.74) is 4.49. The molecule has 4 rings (SSSR count). The highest BCUT2D eigenvalue weighted by molar-refractivity contribution is 6.46. The van der Waals surface area contributed by atoms with Crippen molar-refractivity contribution in [1.82, 2.24) is 0 Å². The molecule has 0 atom stereocenters. The van der Waals surface area contributed by atoms with Crippen LogP contribution in [0.25, 0.3) is 5.57 Å². The second kappa shape index (κ2) is 8.00. The van der Waals surface area contributed by atoms with Gasteiger partial charge in [0.1, 0.15) is 11.5 Å². The van der Waals surface area contributed by atoms with Gasteiger partial charge in [-0.3, -0.25) is 9.59 Å². The Morgan fingerprint density at radius 2 is 1.52 bits per heavy atom. The van der Waals surface area contributed by atoms with E-state index >= 15 is 0 Å². The largest absolute Gasteiger partial charge is 0.350 e. The number of hydrogen-bond acceptors (Lipinski definition) is 3.